The van der Waals surface area contributed by atoms with Gasteiger partial charge in [0.05, 0.1) is 0 Å². The van der Waals surface area contributed by atoms with Crippen LogP contribution >= 0.6 is 0 Å². The second kappa shape index (κ2) is 17.0. The van der Waals surface area contributed by atoms with Crippen molar-refractivity contribution in [2.24, 2.45) is 5.92 Å². The van der Waals surface area contributed by atoms with Crippen molar-refractivity contribution in [3.8, 4) is 0 Å². The molecule has 0 amide bonds. The van der Waals surface area contributed by atoms with Crippen molar-refractivity contribution in [1.82, 2.24) is 0 Å². The zero-order valence-corrected chi connectivity index (χ0v) is 14.6. The van der Waals surface area contributed by atoms with E-state index in [4.69, 9.17) is 4.74 Å². The normalized spacial score (nSPS) is 11.4. The van der Waals surface area contributed by atoms with Crippen molar-refractivity contribution in [2.75, 3.05) is 13.2 Å². The molecule has 1 nitrogen and oxygen atoms in total. The van der Waals surface area contributed by atoms with Crippen molar-refractivity contribution in [3.05, 3.63) is 0 Å². The highest BCUT2D eigenvalue weighted by Gasteiger charge is 1.95. The first-order valence-corrected chi connectivity index (χ1v) is 9.35. The van der Waals surface area contributed by atoms with E-state index >= 15 is 0 Å². The lowest BCUT2D eigenvalue weighted by Crippen LogP contribution is -1.96. The van der Waals surface area contributed by atoms with Crippen molar-refractivity contribution in [2.45, 2.75) is 104 Å². The molecule has 0 N–H and O–H groups in total. The molecule has 0 unspecified atom stereocenters. The molecule has 0 aliphatic carbocycles. The fraction of sp³-hybridized carbons (Fsp3) is 1.00. The van der Waals surface area contributed by atoms with Crippen molar-refractivity contribution in [1.29, 1.82) is 0 Å². The Balaban J connectivity index is 2.92. The summed E-state index contributed by atoms with van der Waals surface area (Å²) in [6, 6.07) is 0. The lowest BCUT2D eigenvalue weighted by molar-refractivity contribution is 0.127. The van der Waals surface area contributed by atoms with Crippen LogP contribution in [-0.2, 0) is 4.74 Å². The van der Waals surface area contributed by atoms with Gasteiger partial charge in [-0.2, -0.15) is 0 Å². The number of hydrogen-bond donors (Lipinski definition) is 0. The van der Waals surface area contributed by atoms with Gasteiger partial charge in [0.15, 0.2) is 0 Å². The molecule has 1 heteroatoms. The van der Waals surface area contributed by atoms with Gasteiger partial charge in [0.1, 0.15) is 0 Å². The van der Waals surface area contributed by atoms with E-state index < -0.39 is 0 Å². The Bertz CT molecular complexity index is 165. The molecule has 0 heterocycles. The maximum atomic E-state index is 5.57. The van der Waals surface area contributed by atoms with Crippen molar-refractivity contribution in [3.63, 3.8) is 0 Å². The molecule has 0 rings (SSSR count). The summed E-state index contributed by atoms with van der Waals surface area (Å²) in [7, 11) is 0. The largest absolute Gasteiger partial charge is 0.381 e. The highest BCUT2D eigenvalue weighted by molar-refractivity contribution is 4.50. The van der Waals surface area contributed by atoms with Crippen LogP contribution in [0.1, 0.15) is 104 Å². The lowest BCUT2D eigenvalue weighted by atomic mass is 10.0. The molecule has 0 bridgehead atoms. The standard InChI is InChI=1S/C19H40O/c1-4-5-17-20-18-15-13-11-9-7-6-8-10-12-14-16-19(2)3/h19H,4-18H2,1-3H3. The first kappa shape index (κ1) is 20.0. The summed E-state index contributed by atoms with van der Waals surface area (Å²) in [6.45, 7) is 8.82. The number of ether oxygens (including phenoxy) is 1. The average molecular weight is 285 g/mol. The van der Waals surface area contributed by atoms with Gasteiger partial charge in [0, 0.05) is 13.2 Å². The predicted octanol–water partition coefficient (Wildman–Crippen LogP) is 6.75. The van der Waals surface area contributed by atoms with E-state index in [0.29, 0.717) is 0 Å². The molecule has 0 saturated carbocycles. The zero-order valence-electron chi connectivity index (χ0n) is 14.6. The fourth-order valence-corrected chi connectivity index (χ4v) is 2.52. The van der Waals surface area contributed by atoms with Gasteiger partial charge in [-0.15, -0.1) is 0 Å². The summed E-state index contributed by atoms with van der Waals surface area (Å²) >= 11 is 0. The fourth-order valence-electron chi connectivity index (χ4n) is 2.52. The van der Waals surface area contributed by atoms with E-state index in [2.05, 4.69) is 20.8 Å². The van der Waals surface area contributed by atoms with E-state index in [1.807, 2.05) is 0 Å². The minimum Gasteiger partial charge on any atom is -0.381 e. The van der Waals surface area contributed by atoms with Gasteiger partial charge in [-0.05, 0) is 18.8 Å². The second-order valence-corrected chi connectivity index (χ2v) is 6.68. The van der Waals surface area contributed by atoms with E-state index in [-0.39, 0.29) is 0 Å². The van der Waals surface area contributed by atoms with Crippen LogP contribution in [0.3, 0.4) is 0 Å². The summed E-state index contributed by atoms with van der Waals surface area (Å²) in [5.41, 5.74) is 0. The maximum absolute atomic E-state index is 5.57. The minimum absolute atomic E-state index is 0.890. The smallest absolute Gasteiger partial charge is 0.0466 e. The van der Waals surface area contributed by atoms with Gasteiger partial charge in [-0.1, -0.05) is 91.4 Å². The van der Waals surface area contributed by atoms with Crippen LogP contribution < -0.4 is 0 Å². The van der Waals surface area contributed by atoms with E-state index in [0.717, 1.165) is 19.1 Å². The topological polar surface area (TPSA) is 9.23 Å². The molecule has 0 aromatic carbocycles. The molecule has 0 saturated heterocycles. The van der Waals surface area contributed by atoms with Crippen LogP contribution in [0.5, 0.6) is 0 Å². The lowest BCUT2D eigenvalue weighted by Gasteiger charge is -2.05. The van der Waals surface area contributed by atoms with E-state index in [9.17, 15) is 0 Å². The van der Waals surface area contributed by atoms with Gasteiger partial charge in [0.2, 0.25) is 0 Å². The SMILES string of the molecule is CCCCOCCCCCCCCCCCCC(C)C. The van der Waals surface area contributed by atoms with Crippen LogP contribution in [0.15, 0.2) is 0 Å². The molecule has 0 atom stereocenters. The zero-order chi connectivity index (χ0) is 14.9. The molecule has 122 valence electrons. The molecule has 0 aromatic heterocycles. The van der Waals surface area contributed by atoms with Crippen LogP contribution in [-0.4, -0.2) is 13.2 Å². The van der Waals surface area contributed by atoms with Crippen molar-refractivity contribution >= 4 is 0 Å². The Kier molecular flexibility index (Phi) is 17.0. The Hall–Kier alpha value is -0.0400. The highest BCUT2D eigenvalue weighted by atomic mass is 16.5. The average Bonchev–Trinajstić information content (AvgIpc) is 2.43. The third-order valence-electron chi connectivity index (χ3n) is 3.96. The monoisotopic (exact) mass is 284 g/mol. The van der Waals surface area contributed by atoms with Gasteiger partial charge < -0.3 is 4.74 Å². The van der Waals surface area contributed by atoms with E-state index in [1.54, 1.807) is 0 Å². The van der Waals surface area contributed by atoms with Crippen LogP contribution in [0.25, 0.3) is 0 Å². The van der Waals surface area contributed by atoms with Gasteiger partial charge in [-0.3, -0.25) is 0 Å². The Morgan fingerprint density at radius 3 is 1.55 bits per heavy atom. The van der Waals surface area contributed by atoms with Crippen LogP contribution in [0.4, 0.5) is 0 Å². The molecule has 20 heavy (non-hydrogen) atoms. The summed E-state index contributed by atoms with van der Waals surface area (Å²) in [5.74, 6) is 0.890. The Labute approximate surface area is 128 Å². The Morgan fingerprint density at radius 1 is 0.600 bits per heavy atom. The first-order chi connectivity index (χ1) is 9.77. The maximum Gasteiger partial charge on any atom is 0.0466 e. The van der Waals surface area contributed by atoms with Crippen LogP contribution in [0.2, 0.25) is 0 Å². The van der Waals surface area contributed by atoms with E-state index in [1.165, 1.54) is 83.5 Å². The molecular weight excluding hydrogens is 244 g/mol. The quantitative estimate of drug-likeness (QED) is 0.285. The molecule has 0 aliphatic heterocycles. The molecule has 0 spiro atoms. The highest BCUT2D eigenvalue weighted by Crippen LogP contribution is 2.13. The second-order valence-electron chi connectivity index (χ2n) is 6.68. The third-order valence-corrected chi connectivity index (χ3v) is 3.96. The van der Waals surface area contributed by atoms with Crippen LogP contribution in [0, 0.1) is 5.92 Å². The van der Waals surface area contributed by atoms with Gasteiger partial charge in [0.25, 0.3) is 0 Å². The summed E-state index contributed by atoms with van der Waals surface area (Å²) in [6.07, 6.45) is 18.1. The van der Waals surface area contributed by atoms with Crippen molar-refractivity contribution < 1.29 is 4.74 Å². The molecule has 0 aliphatic rings. The van der Waals surface area contributed by atoms with Gasteiger partial charge in [-0.25, -0.2) is 0 Å². The molecule has 0 aromatic rings. The summed E-state index contributed by atoms with van der Waals surface area (Å²) in [4.78, 5) is 0. The van der Waals surface area contributed by atoms with Gasteiger partial charge >= 0.3 is 0 Å². The summed E-state index contributed by atoms with van der Waals surface area (Å²) in [5, 5.41) is 0. The predicted molar refractivity (Wildman–Crippen MR) is 91.4 cm³/mol. The summed E-state index contributed by atoms with van der Waals surface area (Å²) < 4.78 is 5.57. The Morgan fingerprint density at radius 2 is 1.05 bits per heavy atom. The third kappa shape index (κ3) is 18.0. The number of hydrogen-bond acceptors (Lipinski definition) is 1. The minimum atomic E-state index is 0.890. The molecular formula is C19H40O. The number of rotatable bonds is 16. The molecule has 0 fully saturated rings. The molecule has 0 radical (unpaired) electrons. The first-order valence-electron chi connectivity index (χ1n) is 9.35. The number of unbranched alkanes of at least 4 members (excludes halogenated alkanes) is 10.